The van der Waals surface area contributed by atoms with Crippen LogP contribution < -0.4 is 5.73 Å². The Bertz CT molecular complexity index is 548. The van der Waals surface area contributed by atoms with Crippen LogP contribution in [0, 0.1) is 17.0 Å². The Hall–Kier alpha value is -2.37. The molecule has 16 heavy (non-hydrogen) atoms. The maximum absolute atomic E-state index is 10.6. The van der Waals surface area contributed by atoms with Gasteiger partial charge in [0.2, 0.25) is 0 Å². The molecule has 0 bridgehead atoms. The smallest absolute Gasteiger partial charge is 0.272 e. The van der Waals surface area contributed by atoms with Crippen molar-refractivity contribution in [3.05, 3.63) is 39.9 Å². The number of nitrogens with zero attached hydrogens (tertiary/aromatic N) is 2. The quantitative estimate of drug-likeness (QED) is 0.616. The van der Waals surface area contributed by atoms with E-state index in [0.29, 0.717) is 16.9 Å². The summed E-state index contributed by atoms with van der Waals surface area (Å²) in [6.07, 6.45) is 0. The molecule has 0 aliphatic rings. The van der Waals surface area contributed by atoms with Crippen molar-refractivity contribution >= 4 is 11.5 Å². The van der Waals surface area contributed by atoms with E-state index in [-0.39, 0.29) is 11.5 Å². The summed E-state index contributed by atoms with van der Waals surface area (Å²) in [6, 6.07) is 6.27. The second-order valence-corrected chi connectivity index (χ2v) is 3.37. The van der Waals surface area contributed by atoms with Crippen LogP contribution in [0.25, 0.3) is 11.3 Å². The maximum atomic E-state index is 10.6. The van der Waals surface area contributed by atoms with Gasteiger partial charge in [0.15, 0.2) is 11.6 Å². The van der Waals surface area contributed by atoms with Gasteiger partial charge < -0.3 is 10.3 Å². The van der Waals surface area contributed by atoms with E-state index in [4.69, 9.17) is 10.3 Å². The van der Waals surface area contributed by atoms with Gasteiger partial charge in [-0.2, -0.15) is 0 Å². The first kappa shape index (κ1) is 10.2. The van der Waals surface area contributed by atoms with Gasteiger partial charge in [0, 0.05) is 23.3 Å². The number of nitro groups is 1. The number of nitrogen functional groups attached to an aromatic ring is 1. The lowest BCUT2D eigenvalue weighted by Gasteiger charge is -1.99. The van der Waals surface area contributed by atoms with Gasteiger partial charge in [0.25, 0.3) is 5.69 Å². The average Bonchev–Trinajstić information content (AvgIpc) is 2.64. The third kappa shape index (κ3) is 1.72. The molecule has 1 heterocycles. The average molecular weight is 219 g/mol. The van der Waals surface area contributed by atoms with Crippen molar-refractivity contribution in [2.45, 2.75) is 6.92 Å². The summed E-state index contributed by atoms with van der Waals surface area (Å²) in [5, 5.41) is 14.2. The molecular formula is C10H9N3O3. The van der Waals surface area contributed by atoms with Gasteiger partial charge in [-0.15, -0.1) is 0 Å². The standard InChI is InChI=1S/C10H9N3O3/c1-6-4-7(2-3-8(6)13(14)15)9-5-10(11)12-16-9/h2-5H,1H3,(H2,11,12). The topological polar surface area (TPSA) is 95.2 Å². The second kappa shape index (κ2) is 3.65. The van der Waals surface area contributed by atoms with Gasteiger partial charge in [-0.25, -0.2) is 0 Å². The number of aryl methyl sites for hydroxylation is 1. The molecule has 1 aromatic carbocycles. The molecule has 0 saturated carbocycles. The van der Waals surface area contributed by atoms with Crippen LogP contribution in [0.15, 0.2) is 28.8 Å². The molecule has 0 aliphatic carbocycles. The minimum atomic E-state index is -0.423. The summed E-state index contributed by atoms with van der Waals surface area (Å²) in [6.45, 7) is 1.67. The number of hydrogen-bond donors (Lipinski definition) is 1. The Morgan fingerprint density at radius 3 is 2.69 bits per heavy atom. The van der Waals surface area contributed by atoms with Gasteiger partial charge in [0.1, 0.15) is 0 Å². The Balaban J connectivity index is 2.45. The highest BCUT2D eigenvalue weighted by molar-refractivity contribution is 5.63. The Morgan fingerprint density at radius 1 is 1.44 bits per heavy atom. The van der Waals surface area contributed by atoms with Crippen LogP contribution in [0.3, 0.4) is 0 Å². The predicted molar refractivity (Wildman–Crippen MR) is 57.7 cm³/mol. The molecule has 2 rings (SSSR count). The predicted octanol–water partition coefficient (Wildman–Crippen LogP) is 2.14. The molecule has 0 amide bonds. The molecule has 0 saturated heterocycles. The minimum Gasteiger partial charge on any atom is -0.381 e. The van der Waals surface area contributed by atoms with Gasteiger partial charge >= 0.3 is 0 Å². The number of aromatic nitrogens is 1. The summed E-state index contributed by atoms with van der Waals surface area (Å²) in [5.74, 6) is 0.779. The summed E-state index contributed by atoms with van der Waals surface area (Å²) in [4.78, 5) is 10.2. The highest BCUT2D eigenvalue weighted by Crippen LogP contribution is 2.26. The van der Waals surface area contributed by atoms with Gasteiger partial charge in [-0.3, -0.25) is 10.1 Å². The summed E-state index contributed by atoms with van der Waals surface area (Å²) >= 11 is 0. The lowest BCUT2D eigenvalue weighted by molar-refractivity contribution is -0.385. The molecule has 6 nitrogen and oxygen atoms in total. The fourth-order valence-electron chi connectivity index (χ4n) is 1.44. The molecule has 2 aromatic rings. The maximum Gasteiger partial charge on any atom is 0.272 e. The molecule has 1 aromatic heterocycles. The lowest BCUT2D eigenvalue weighted by Crippen LogP contribution is -1.91. The molecule has 0 fully saturated rings. The summed E-state index contributed by atoms with van der Waals surface area (Å²) in [7, 11) is 0. The normalized spacial score (nSPS) is 10.3. The Kier molecular flexibility index (Phi) is 2.32. The lowest BCUT2D eigenvalue weighted by atomic mass is 10.1. The zero-order valence-electron chi connectivity index (χ0n) is 8.51. The number of nitrogens with two attached hydrogens (primary N) is 1. The van der Waals surface area contributed by atoms with Crippen LogP contribution in [0.4, 0.5) is 11.5 Å². The minimum absolute atomic E-state index is 0.0798. The number of anilines is 1. The molecule has 2 N–H and O–H groups in total. The highest BCUT2D eigenvalue weighted by Gasteiger charge is 2.12. The number of nitro benzene ring substituents is 1. The molecule has 0 radical (unpaired) electrons. The van der Waals surface area contributed by atoms with Crippen LogP contribution in [0.1, 0.15) is 5.56 Å². The summed E-state index contributed by atoms with van der Waals surface area (Å²) in [5.41, 5.74) is 6.78. The first-order chi connectivity index (χ1) is 7.58. The van der Waals surface area contributed by atoms with E-state index in [1.807, 2.05) is 0 Å². The van der Waals surface area contributed by atoms with Crippen molar-refractivity contribution in [3.63, 3.8) is 0 Å². The van der Waals surface area contributed by atoms with Crippen molar-refractivity contribution in [1.29, 1.82) is 0 Å². The zero-order chi connectivity index (χ0) is 11.7. The molecule has 6 heteroatoms. The van der Waals surface area contributed by atoms with Gasteiger partial charge in [0.05, 0.1) is 4.92 Å². The Labute approximate surface area is 90.8 Å². The molecular weight excluding hydrogens is 210 g/mol. The molecule has 0 aliphatic heterocycles. The van der Waals surface area contributed by atoms with E-state index >= 15 is 0 Å². The SMILES string of the molecule is Cc1cc(-c2cc(N)no2)ccc1[N+](=O)[O-]. The first-order valence-corrected chi connectivity index (χ1v) is 4.55. The first-order valence-electron chi connectivity index (χ1n) is 4.55. The van der Waals surface area contributed by atoms with E-state index in [0.717, 1.165) is 0 Å². The van der Waals surface area contributed by atoms with E-state index in [9.17, 15) is 10.1 Å². The molecule has 0 spiro atoms. The number of rotatable bonds is 2. The van der Waals surface area contributed by atoms with Crippen LogP contribution in [0.5, 0.6) is 0 Å². The van der Waals surface area contributed by atoms with Crippen LogP contribution in [0.2, 0.25) is 0 Å². The Morgan fingerprint density at radius 2 is 2.19 bits per heavy atom. The van der Waals surface area contributed by atoms with Crippen molar-refractivity contribution in [2.24, 2.45) is 0 Å². The van der Waals surface area contributed by atoms with E-state index in [1.54, 1.807) is 25.1 Å². The zero-order valence-corrected chi connectivity index (χ0v) is 8.51. The van der Waals surface area contributed by atoms with Crippen LogP contribution in [-0.2, 0) is 0 Å². The fraction of sp³-hybridized carbons (Fsp3) is 0.100. The van der Waals surface area contributed by atoms with E-state index in [1.165, 1.54) is 6.07 Å². The van der Waals surface area contributed by atoms with Gasteiger partial charge in [-0.1, -0.05) is 5.16 Å². The van der Waals surface area contributed by atoms with E-state index < -0.39 is 4.92 Å². The summed E-state index contributed by atoms with van der Waals surface area (Å²) < 4.78 is 4.96. The number of benzene rings is 1. The van der Waals surface area contributed by atoms with Crippen molar-refractivity contribution in [1.82, 2.24) is 5.16 Å². The molecule has 82 valence electrons. The van der Waals surface area contributed by atoms with E-state index in [2.05, 4.69) is 5.16 Å². The van der Waals surface area contributed by atoms with Crippen molar-refractivity contribution in [2.75, 3.05) is 5.73 Å². The second-order valence-electron chi connectivity index (χ2n) is 3.37. The van der Waals surface area contributed by atoms with Crippen LogP contribution in [-0.4, -0.2) is 10.1 Å². The monoisotopic (exact) mass is 219 g/mol. The third-order valence-corrected chi connectivity index (χ3v) is 2.21. The van der Waals surface area contributed by atoms with Crippen LogP contribution >= 0.6 is 0 Å². The highest BCUT2D eigenvalue weighted by atomic mass is 16.6. The third-order valence-electron chi connectivity index (χ3n) is 2.21. The fourth-order valence-corrected chi connectivity index (χ4v) is 1.44. The van der Waals surface area contributed by atoms with Crippen molar-refractivity contribution < 1.29 is 9.45 Å². The largest absolute Gasteiger partial charge is 0.381 e. The number of hydrogen-bond acceptors (Lipinski definition) is 5. The van der Waals surface area contributed by atoms with Crippen molar-refractivity contribution in [3.8, 4) is 11.3 Å². The van der Waals surface area contributed by atoms with Gasteiger partial charge in [-0.05, 0) is 19.1 Å². The molecule has 0 unspecified atom stereocenters. The molecule has 0 atom stereocenters.